The van der Waals surface area contributed by atoms with E-state index in [1.165, 1.54) is 10.7 Å². The van der Waals surface area contributed by atoms with Gasteiger partial charge in [0.2, 0.25) is 0 Å². The van der Waals surface area contributed by atoms with Crippen molar-refractivity contribution in [3.05, 3.63) is 57.3 Å². The number of phenolic OH excluding ortho intramolecular Hbond substituents is 1. The topological polar surface area (TPSA) is 84.0 Å². The van der Waals surface area contributed by atoms with Crippen molar-refractivity contribution in [3.8, 4) is 5.75 Å². The normalized spacial score (nSPS) is 11.1. The van der Waals surface area contributed by atoms with Crippen LogP contribution in [-0.4, -0.2) is 14.9 Å². The van der Waals surface area contributed by atoms with E-state index < -0.39 is 0 Å². The van der Waals surface area contributed by atoms with Crippen LogP contribution >= 0.6 is 11.6 Å². The molecule has 1 heterocycles. The largest absolute Gasteiger partial charge is 0.508 e. The van der Waals surface area contributed by atoms with E-state index in [2.05, 4.69) is 5.10 Å². The Kier molecular flexibility index (Phi) is 3.35. The SMILES string of the molecule is Nc1ccc2c(=O)n(CCc3ccc(Cl)cc3O)[nH]c2c1. The van der Waals surface area contributed by atoms with E-state index in [1.807, 2.05) is 0 Å². The molecule has 21 heavy (non-hydrogen) atoms. The van der Waals surface area contributed by atoms with Gasteiger partial charge in [0, 0.05) is 17.3 Å². The van der Waals surface area contributed by atoms with Crippen LogP contribution in [0.2, 0.25) is 5.02 Å². The number of halogens is 1. The van der Waals surface area contributed by atoms with Crippen LogP contribution in [0.5, 0.6) is 5.75 Å². The Hall–Kier alpha value is -2.40. The van der Waals surface area contributed by atoms with Gasteiger partial charge in [0.25, 0.3) is 5.56 Å². The first kappa shape index (κ1) is 13.6. The van der Waals surface area contributed by atoms with Gasteiger partial charge >= 0.3 is 0 Å². The van der Waals surface area contributed by atoms with Crippen LogP contribution in [0.25, 0.3) is 10.9 Å². The third-order valence-corrected chi connectivity index (χ3v) is 3.66. The van der Waals surface area contributed by atoms with Crippen LogP contribution in [0.3, 0.4) is 0 Å². The van der Waals surface area contributed by atoms with Crippen LogP contribution < -0.4 is 11.3 Å². The first-order chi connectivity index (χ1) is 10.0. The van der Waals surface area contributed by atoms with Gasteiger partial charge in [-0.05, 0) is 42.3 Å². The number of nitrogens with one attached hydrogen (secondary N) is 1. The molecule has 3 rings (SSSR count). The lowest BCUT2D eigenvalue weighted by Gasteiger charge is -2.05. The van der Waals surface area contributed by atoms with Crippen molar-refractivity contribution in [2.24, 2.45) is 0 Å². The van der Waals surface area contributed by atoms with Crippen LogP contribution in [0, 0.1) is 0 Å². The second-order valence-electron chi connectivity index (χ2n) is 4.90. The van der Waals surface area contributed by atoms with Crippen LogP contribution in [0.4, 0.5) is 5.69 Å². The fraction of sp³-hybridized carbons (Fsp3) is 0.133. The molecule has 2 aromatic carbocycles. The first-order valence-electron chi connectivity index (χ1n) is 6.50. The highest BCUT2D eigenvalue weighted by Gasteiger charge is 2.08. The monoisotopic (exact) mass is 303 g/mol. The fourth-order valence-corrected chi connectivity index (χ4v) is 2.49. The molecule has 0 aliphatic carbocycles. The average Bonchev–Trinajstić information content (AvgIpc) is 2.74. The zero-order chi connectivity index (χ0) is 15.0. The third kappa shape index (κ3) is 2.60. The molecule has 6 heteroatoms. The molecule has 0 unspecified atom stereocenters. The standard InChI is InChI=1S/C15H14ClN3O2/c16-10-2-1-9(14(20)7-10)5-6-19-15(21)12-4-3-11(17)8-13(12)18-19/h1-4,7-8,18,20H,5-6,17H2. The summed E-state index contributed by atoms with van der Waals surface area (Å²) in [5, 5.41) is 13.9. The van der Waals surface area contributed by atoms with Gasteiger partial charge in [-0.3, -0.25) is 14.6 Å². The molecular formula is C15H14ClN3O2. The number of rotatable bonds is 3. The Labute approximate surface area is 125 Å². The number of H-pyrrole nitrogens is 1. The quantitative estimate of drug-likeness (QED) is 0.650. The number of aryl methyl sites for hydroxylation is 2. The summed E-state index contributed by atoms with van der Waals surface area (Å²) in [7, 11) is 0. The van der Waals surface area contributed by atoms with Gasteiger partial charge in [-0.1, -0.05) is 17.7 Å². The van der Waals surface area contributed by atoms with E-state index in [1.54, 1.807) is 30.3 Å². The van der Waals surface area contributed by atoms with Gasteiger partial charge in [0.05, 0.1) is 10.9 Å². The van der Waals surface area contributed by atoms with E-state index in [9.17, 15) is 9.90 Å². The lowest BCUT2D eigenvalue weighted by Crippen LogP contribution is -2.17. The summed E-state index contributed by atoms with van der Waals surface area (Å²) in [6.45, 7) is 0.433. The molecule has 3 aromatic rings. The molecule has 0 radical (unpaired) electrons. The molecule has 0 aliphatic rings. The lowest BCUT2D eigenvalue weighted by atomic mass is 10.1. The Morgan fingerprint density at radius 2 is 2.05 bits per heavy atom. The number of nitrogen functional groups attached to an aromatic ring is 1. The highest BCUT2D eigenvalue weighted by molar-refractivity contribution is 6.30. The number of nitrogens with two attached hydrogens (primary N) is 1. The number of hydrogen-bond donors (Lipinski definition) is 3. The van der Waals surface area contributed by atoms with E-state index in [-0.39, 0.29) is 11.3 Å². The minimum absolute atomic E-state index is 0.0987. The van der Waals surface area contributed by atoms with Crippen LogP contribution in [-0.2, 0) is 13.0 Å². The Morgan fingerprint density at radius 1 is 1.24 bits per heavy atom. The van der Waals surface area contributed by atoms with E-state index in [0.717, 1.165) is 5.56 Å². The van der Waals surface area contributed by atoms with E-state index in [0.29, 0.717) is 34.6 Å². The summed E-state index contributed by atoms with van der Waals surface area (Å²) < 4.78 is 1.51. The molecule has 0 atom stereocenters. The van der Waals surface area contributed by atoms with Crippen molar-refractivity contribution >= 4 is 28.2 Å². The van der Waals surface area contributed by atoms with Gasteiger partial charge in [0.1, 0.15) is 5.75 Å². The second-order valence-corrected chi connectivity index (χ2v) is 5.33. The lowest BCUT2D eigenvalue weighted by molar-refractivity contribution is 0.464. The number of aromatic nitrogens is 2. The average molecular weight is 304 g/mol. The second kappa shape index (κ2) is 5.18. The molecule has 0 bridgehead atoms. The summed E-state index contributed by atoms with van der Waals surface area (Å²) >= 11 is 5.79. The van der Waals surface area contributed by atoms with Crippen molar-refractivity contribution in [3.63, 3.8) is 0 Å². The number of phenols is 1. The van der Waals surface area contributed by atoms with E-state index >= 15 is 0 Å². The molecule has 0 saturated carbocycles. The number of nitrogens with zero attached hydrogens (tertiary/aromatic N) is 1. The number of benzene rings is 2. The van der Waals surface area contributed by atoms with Gasteiger partial charge < -0.3 is 10.8 Å². The van der Waals surface area contributed by atoms with Crippen molar-refractivity contribution in [2.75, 3.05) is 5.73 Å². The maximum atomic E-state index is 12.2. The number of aromatic hydroxyl groups is 1. The first-order valence-corrected chi connectivity index (χ1v) is 6.88. The van der Waals surface area contributed by atoms with Crippen LogP contribution in [0.1, 0.15) is 5.56 Å². The zero-order valence-corrected chi connectivity index (χ0v) is 11.9. The highest BCUT2D eigenvalue weighted by Crippen LogP contribution is 2.22. The Morgan fingerprint density at radius 3 is 2.81 bits per heavy atom. The number of anilines is 1. The summed E-state index contributed by atoms with van der Waals surface area (Å²) in [6, 6.07) is 10.1. The molecule has 0 spiro atoms. The summed E-state index contributed by atoms with van der Waals surface area (Å²) in [5.74, 6) is 0.135. The van der Waals surface area contributed by atoms with Gasteiger partial charge in [-0.2, -0.15) is 0 Å². The molecule has 5 nitrogen and oxygen atoms in total. The van der Waals surface area contributed by atoms with Crippen molar-refractivity contribution in [2.45, 2.75) is 13.0 Å². The van der Waals surface area contributed by atoms with Gasteiger partial charge in [-0.15, -0.1) is 0 Å². The smallest absolute Gasteiger partial charge is 0.274 e. The zero-order valence-electron chi connectivity index (χ0n) is 11.1. The molecule has 108 valence electrons. The maximum Gasteiger partial charge on any atom is 0.274 e. The molecule has 1 aromatic heterocycles. The Balaban J connectivity index is 1.88. The maximum absolute atomic E-state index is 12.2. The minimum atomic E-state index is -0.0987. The van der Waals surface area contributed by atoms with Gasteiger partial charge in [0.15, 0.2) is 0 Å². The molecule has 0 amide bonds. The molecule has 4 N–H and O–H groups in total. The Bertz CT molecular complexity index is 867. The summed E-state index contributed by atoms with van der Waals surface area (Å²) in [5.41, 5.74) is 7.66. The molecule has 0 saturated heterocycles. The van der Waals surface area contributed by atoms with Crippen molar-refractivity contribution < 1.29 is 5.11 Å². The van der Waals surface area contributed by atoms with Crippen molar-refractivity contribution in [1.29, 1.82) is 0 Å². The predicted octanol–water partition coefficient (Wildman–Crippen LogP) is 2.51. The highest BCUT2D eigenvalue weighted by atomic mass is 35.5. The number of hydrogen-bond acceptors (Lipinski definition) is 3. The third-order valence-electron chi connectivity index (χ3n) is 3.43. The van der Waals surface area contributed by atoms with Crippen molar-refractivity contribution in [1.82, 2.24) is 9.78 Å². The number of fused-ring (bicyclic) bond motifs is 1. The minimum Gasteiger partial charge on any atom is -0.508 e. The van der Waals surface area contributed by atoms with E-state index in [4.69, 9.17) is 17.3 Å². The molecule has 0 fully saturated rings. The summed E-state index contributed by atoms with van der Waals surface area (Å²) in [6.07, 6.45) is 0.519. The van der Waals surface area contributed by atoms with Gasteiger partial charge in [-0.25, -0.2) is 0 Å². The molecular weight excluding hydrogens is 290 g/mol. The van der Waals surface area contributed by atoms with Crippen LogP contribution in [0.15, 0.2) is 41.2 Å². The number of aromatic amines is 1. The fourth-order valence-electron chi connectivity index (χ4n) is 2.32. The predicted molar refractivity (Wildman–Crippen MR) is 83.8 cm³/mol. The molecule has 0 aliphatic heterocycles. The summed E-state index contributed by atoms with van der Waals surface area (Å²) in [4.78, 5) is 12.2.